The van der Waals surface area contributed by atoms with Gasteiger partial charge in [0.1, 0.15) is 0 Å². The molecule has 1 N–H and O–H groups in total. The smallest absolute Gasteiger partial charge is 0.0632 e. The highest BCUT2D eigenvalue weighted by atomic mass is 16.5. The number of rotatable bonds is 7. The van der Waals surface area contributed by atoms with E-state index in [4.69, 9.17) is 4.74 Å². The lowest BCUT2D eigenvalue weighted by molar-refractivity contribution is 0.0565. The third-order valence-corrected chi connectivity index (χ3v) is 3.23. The van der Waals surface area contributed by atoms with E-state index < -0.39 is 0 Å². The van der Waals surface area contributed by atoms with E-state index in [0.29, 0.717) is 12.1 Å². The molecule has 0 radical (unpaired) electrons. The number of nitrogens with one attached hydrogen (secondary N) is 1. The number of unbranched alkanes of at least 4 members (excludes halogenated alkanes) is 2. The van der Waals surface area contributed by atoms with Crippen LogP contribution >= 0.6 is 0 Å². The summed E-state index contributed by atoms with van der Waals surface area (Å²) in [6.07, 6.45) is 3.97. The monoisotopic (exact) mass is 228 g/mol. The van der Waals surface area contributed by atoms with Crippen molar-refractivity contribution in [2.24, 2.45) is 0 Å². The first-order valence-corrected chi connectivity index (χ1v) is 6.79. The first kappa shape index (κ1) is 13.9. The minimum absolute atomic E-state index is 0.526. The molecule has 0 saturated carbocycles. The summed E-state index contributed by atoms with van der Waals surface area (Å²) in [5, 5.41) is 3.53. The van der Waals surface area contributed by atoms with E-state index in [1.165, 1.54) is 25.8 Å². The summed E-state index contributed by atoms with van der Waals surface area (Å²) in [6, 6.07) is 1.17. The molecule has 96 valence electrons. The predicted molar refractivity (Wildman–Crippen MR) is 68.8 cm³/mol. The van der Waals surface area contributed by atoms with E-state index in [0.717, 1.165) is 26.3 Å². The fraction of sp³-hybridized carbons (Fsp3) is 1.00. The van der Waals surface area contributed by atoms with E-state index in [1.54, 1.807) is 0 Å². The molecule has 1 unspecified atom stereocenters. The Morgan fingerprint density at radius 2 is 2.19 bits per heavy atom. The number of ether oxygens (including phenoxy) is 1. The van der Waals surface area contributed by atoms with Crippen LogP contribution in [-0.4, -0.2) is 49.8 Å². The van der Waals surface area contributed by atoms with E-state index in [2.05, 4.69) is 31.0 Å². The summed E-state index contributed by atoms with van der Waals surface area (Å²) < 4.78 is 5.50. The van der Waals surface area contributed by atoms with Gasteiger partial charge in [0.15, 0.2) is 0 Å². The Balaban J connectivity index is 2.25. The Hall–Kier alpha value is -0.120. The van der Waals surface area contributed by atoms with Crippen molar-refractivity contribution in [1.29, 1.82) is 0 Å². The molecule has 1 atom stereocenters. The van der Waals surface area contributed by atoms with Crippen LogP contribution in [0.5, 0.6) is 0 Å². The molecule has 3 nitrogen and oxygen atoms in total. The molecule has 1 heterocycles. The minimum atomic E-state index is 0.526. The molecule has 1 aliphatic heterocycles. The Labute approximate surface area is 101 Å². The zero-order valence-corrected chi connectivity index (χ0v) is 11.2. The standard InChI is InChI=1S/C13H28N2O/c1-4-5-6-8-15(12(2)3)10-13-11-16-9-7-14-13/h12-14H,4-11H2,1-3H3. The molecule has 0 spiro atoms. The average Bonchev–Trinajstić information content (AvgIpc) is 2.29. The van der Waals surface area contributed by atoms with Crippen LogP contribution in [0.4, 0.5) is 0 Å². The Bertz CT molecular complexity index is 167. The lowest BCUT2D eigenvalue weighted by atomic mass is 10.2. The van der Waals surface area contributed by atoms with Crippen molar-refractivity contribution < 1.29 is 4.74 Å². The van der Waals surface area contributed by atoms with E-state index in [9.17, 15) is 0 Å². The van der Waals surface area contributed by atoms with Gasteiger partial charge in [0, 0.05) is 25.2 Å². The second-order valence-corrected chi connectivity index (χ2v) is 5.02. The van der Waals surface area contributed by atoms with Crippen molar-refractivity contribution in [1.82, 2.24) is 10.2 Å². The zero-order chi connectivity index (χ0) is 11.8. The average molecular weight is 228 g/mol. The SMILES string of the molecule is CCCCCN(CC1COCCN1)C(C)C. The third-order valence-electron chi connectivity index (χ3n) is 3.23. The van der Waals surface area contributed by atoms with Gasteiger partial charge in [-0.15, -0.1) is 0 Å². The van der Waals surface area contributed by atoms with Gasteiger partial charge in [0.2, 0.25) is 0 Å². The van der Waals surface area contributed by atoms with E-state index in [-0.39, 0.29) is 0 Å². The van der Waals surface area contributed by atoms with Crippen LogP contribution in [0.2, 0.25) is 0 Å². The van der Waals surface area contributed by atoms with Crippen molar-refractivity contribution in [3.63, 3.8) is 0 Å². The first-order chi connectivity index (χ1) is 7.74. The van der Waals surface area contributed by atoms with Crippen molar-refractivity contribution in [3.8, 4) is 0 Å². The Kier molecular flexibility index (Phi) is 7.01. The summed E-state index contributed by atoms with van der Waals surface area (Å²) in [5.41, 5.74) is 0. The first-order valence-electron chi connectivity index (χ1n) is 6.79. The van der Waals surface area contributed by atoms with Crippen LogP contribution in [0.3, 0.4) is 0 Å². The topological polar surface area (TPSA) is 24.5 Å². The van der Waals surface area contributed by atoms with Gasteiger partial charge < -0.3 is 10.1 Å². The highest BCUT2D eigenvalue weighted by Crippen LogP contribution is 2.06. The Morgan fingerprint density at radius 3 is 2.75 bits per heavy atom. The molecule has 16 heavy (non-hydrogen) atoms. The number of hydrogen-bond acceptors (Lipinski definition) is 3. The summed E-state index contributed by atoms with van der Waals surface area (Å²) in [6.45, 7) is 11.9. The molecule has 0 aromatic rings. The zero-order valence-electron chi connectivity index (χ0n) is 11.2. The lowest BCUT2D eigenvalue weighted by Crippen LogP contribution is -2.50. The van der Waals surface area contributed by atoms with Gasteiger partial charge in [-0.05, 0) is 26.8 Å². The second-order valence-electron chi connectivity index (χ2n) is 5.02. The molecule has 3 heteroatoms. The summed E-state index contributed by atoms with van der Waals surface area (Å²) in [4.78, 5) is 2.57. The van der Waals surface area contributed by atoms with Gasteiger partial charge in [-0.3, -0.25) is 4.90 Å². The molecule has 1 rings (SSSR count). The van der Waals surface area contributed by atoms with Crippen molar-refractivity contribution in [2.75, 3.05) is 32.8 Å². The fourth-order valence-electron chi connectivity index (χ4n) is 2.15. The minimum Gasteiger partial charge on any atom is -0.378 e. The third kappa shape index (κ3) is 5.28. The van der Waals surface area contributed by atoms with Crippen molar-refractivity contribution in [2.45, 2.75) is 52.1 Å². The summed E-state index contributed by atoms with van der Waals surface area (Å²) in [5.74, 6) is 0. The lowest BCUT2D eigenvalue weighted by Gasteiger charge is -2.33. The van der Waals surface area contributed by atoms with Crippen LogP contribution < -0.4 is 5.32 Å². The highest BCUT2D eigenvalue weighted by molar-refractivity contribution is 4.76. The molecular weight excluding hydrogens is 200 g/mol. The normalized spacial score (nSPS) is 21.9. The van der Waals surface area contributed by atoms with Crippen LogP contribution in [-0.2, 0) is 4.74 Å². The molecule has 1 aliphatic rings. The Morgan fingerprint density at radius 1 is 1.38 bits per heavy atom. The maximum atomic E-state index is 5.50. The van der Waals surface area contributed by atoms with Gasteiger partial charge in [-0.2, -0.15) is 0 Å². The number of nitrogens with zero attached hydrogens (tertiary/aromatic N) is 1. The van der Waals surface area contributed by atoms with Crippen LogP contribution in [0, 0.1) is 0 Å². The summed E-state index contributed by atoms with van der Waals surface area (Å²) in [7, 11) is 0. The number of morpholine rings is 1. The molecule has 0 aromatic heterocycles. The molecule has 0 amide bonds. The maximum Gasteiger partial charge on any atom is 0.0632 e. The van der Waals surface area contributed by atoms with Gasteiger partial charge in [-0.25, -0.2) is 0 Å². The van der Waals surface area contributed by atoms with Crippen molar-refractivity contribution >= 4 is 0 Å². The quantitative estimate of drug-likeness (QED) is 0.673. The maximum absolute atomic E-state index is 5.50. The van der Waals surface area contributed by atoms with Gasteiger partial charge in [0.05, 0.1) is 13.2 Å². The van der Waals surface area contributed by atoms with Gasteiger partial charge in [0.25, 0.3) is 0 Å². The van der Waals surface area contributed by atoms with Gasteiger partial charge in [-0.1, -0.05) is 19.8 Å². The molecule has 0 bridgehead atoms. The highest BCUT2D eigenvalue weighted by Gasteiger charge is 2.18. The van der Waals surface area contributed by atoms with Crippen molar-refractivity contribution in [3.05, 3.63) is 0 Å². The predicted octanol–water partition coefficient (Wildman–Crippen LogP) is 1.88. The van der Waals surface area contributed by atoms with Crippen LogP contribution in [0.25, 0.3) is 0 Å². The molecular formula is C13H28N2O. The molecule has 1 saturated heterocycles. The van der Waals surface area contributed by atoms with E-state index >= 15 is 0 Å². The van der Waals surface area contributed by atoms with Gasteiger partial charge >= 0.3 is 0 Å². The summed E-state index contributed by atoms with van der Waals surface area (Å²) >= 11 is 0. The molecule has 0 aromatic carbocycles. The fourth-order valence-corrected chi connectivity index (χ4v) is 2.15. The van der Waals surface area contributed by atoms with Crippen LogP contribution in [0.1, 0.15) is 40.0 Å². The van der Waals surface area contributed by atoms with E-state index in [1.807, 2.05) is 0 Å². The largest absolute Gasteiger partial charge is 0.378 e. The molecule has 0 aliphatic carbocycles. The second kappa shape index (κ2) is 8.04. The van der Waals surface area contributed by atoms with Crippen LogP contribution in [0.15, 0.2) is 0 Å². The molecule has 1 fully saturated rings. The number of hydrogen-bond donors (Lipinski definition) is 1.